The molecule has 1 N–H and O–H groups in total. The van der Waals surface area contributed by atoms with Crippen molar-refractivity contribution in [1.29, 1.82) is 0 Å². The zero-order chi connectivity index (χ0) is 20.7. The second-order valence-corrected chi connectivity index (χ2v) is 6.03. The highest BCUT2D eigenvalue weighted by Crippen LogP contribution is 2.31. The van der Waals surface area contributed by atoms with E-state index in [4.69, 9.17) is 16.3 Å². The number of carbonyl (C=O) groups excluding carboxylic acids is 2. The molecule has 0 aliphatic heterocycles. The lowest BCUT2D eigenvalue weighted by molar-refractivity contribution is -0.274. The fourth-order valence-corrected chi connectivity index (χ4v) is 2.43. The molecule has 10 heteroatoms. The van der Waals surface area contributed by atoms with E-state index in [-0.39, 0.29) is 41.3 Å². The van der Waals surface area contributed by atoms with Gasteiger partial charge in [-0.25, -0.2) is 4.98 Å². The SMILES string of the molecule is CC(=O)Nc1cc(C(=O)CCCOc2ccc(OC(F)(F)F)cc2Cl)ccn1. The molecule has 1 heterocycles. The molecule has 150 valence electrons. The van der Waals surface area contributed by atoms with E-state index in [9.17, 15) is 22.8 Å². The van der Waals surface area contributed by atoms with Crippen LogP contribution >= 0.6 is 11.6 Å². The second kappa shape index (κ2) is 9.41. The molecule has 0 aliphatic rings. The molecule has 0 fully saturated rings. The Morgan fingerprint density at radius 2 is 1.96 bits per heavy atom. The van der Waals surface area contributed by atoms with Gasteiger partial charge in [0.2, 0.25) is 5.91 Å². The van der Waals surface area contributed by atoms with Gasteiger partial charge in [0.15, 0.2) is 5.78 Å². The predicted octanol–water partition coefficient (Wildman–Crippen LogP) is 4.63. The number of benzene rings is 1. The number of rotatable bonds is 8. The number of alkyl halides is 3. The van der Waals surface area contributed by atoms with Gasteiger partial charge in [0, 0.05) is 31.2 Å². The number of hydrogen-bond donors (Lipinski definition) is 1. The molecule has 0 saturated heterocycles. The summed E-state index contributed by atoms with van der Waals surface area (Å²) in [7, 11) is 0. The van der Waals surface area contributed by atoms with E-state index in [0.29, 0.717) is 12.0 Å². The fourth-order valence-electron chi connectivity index (χ4n) is 2.21. The summed E-state index contributed by atoms with van der Waals surface area (Å²) >= 11 is 5.87. The largest absolute Gasteiger partial charge is 0.573 e. The Labute approximate surface area is 163 Å². The van der Waals surface area contributed by atoms with Crippen molar-refractivity contribution in [3.63, 3.8) is 0 Å². The van der Waals surface area contributed by atoms with Crippen LogP contribution in [0.5, 0.6) is 11.5 Å². The van der Waals surface area contributed by atoms with E-state index in [1.54, 1.807) is 0 Å². The number of nitrogens with one attached hydrogen (secondary N) is 1. The van der Waals surface area contributed by atoms with Crippen LogP contribution in [0.2, 0.25) is 5.02 Å². The van der Waals surface area contributed by atoms with Gasteiger partial charge in [-0.3, -0.25) is 9.59 Å². The third kappa shape index (κ3) is 7.07. The molecular formula is C18H16ClF3N2O4. The Morgan fingerprint density at radius 3 is 2.61 bits per heavy atom. The van der Waals surface area contributed by atoms with Gasteiger partial charge < -0.3 is 14.8 Å². The summed E-state index contributed by atoms with van der Waals surface area (Å²) in [5, 5.41) is 2.45. The predicted molar refractivity (Wildman–Crippen MR) is 95.7 cm³/mol. The number of amides is 1. The monoisotopic (exact) mass is 416 g/mol. The van der Waals surface area contributed by atoms with Gasteiger partial charge in [0.1, 0.15) is 17.3 Å². The molecule has 0 bridgehead atoms. The van der Waals surface area contributed by atoms with Crippen LogP contribution in [0, 0.1) is 0 Å². The van der Waals surface area contributed by atoms with E-state index in [1.807, 2.05) is 0 Å². The van der Waals surface area contributed by atoms with Gasteiger partial charge in [0.25, 0.3) is 0 Å². The average molecular weight is 417 g/mol. The molecule has 0 spiro atoms. The molecule has 0 atom stereocenters. The molecule has 2 aromatic rings. The van der Waals surface area contributed by atoms with Crippen LogP contribution in [0.15, 0.2) is 36.5 Å². The minimum Gasteiger partial charge on any atom is -0.492 e. The smallest absolute Gasteiger partial charge is 0.492 e. The maximum atomic E-state index is 12.2. The standard InChI is InChI=1S/C18H16ClF3N2O4/c1-11(25)24-17-9-12(6-7-23-17)15(26)3-2-8-27-16-5-4-13(10-14(16)19)28-18(20,21)22/h4-7,9-10H,2-3,8H2,1H3,(H,23,24,25). The summed E-state index contributed by atoms with van der Waals surface area (Å²) in [6, 6.07) is 6.34. The number of aromatic nitrogens is 1. The number of carbonyl (C=O) groups is 2. The van der Waals surface area contributed by atoms with Crippen LogP contribution < -0.4 is 14.8 Å². The van der Waals surface area contributed by atoms with Crippen LogP contribution in [0.4, 0.5) is 19.0 Å². The van der Waals surface area contributed by atoms with E-state index in [1.165, 1.54) is 31.3 Å². The molecule has 1 aromatic heterocycles. The van der Waals surface area contributed by atoms with Gasteiger partial charge in [-0.15, -0.1) is 13.2 Å². The number of hydrogen-bond acceptors (Lipinski definition) is 5. The van der Waals surface area contributed by atoms with Gasteiger partial charge >= 0.3 is 6.36 Å². The van der Waals surface area contributed by atoms with Crippen LogP contribution in [0.3, 0.4) is 0 Å². The maximum absolute atomic E-state index is 12.2. The topological polar surface area (TPSA) is 77.5 Å². The molecule has 28 heavy (non-hydrogen) atoms. The quantitative estimate of drug-likeness (QED) is 0.501. The number of ketones is 1. The van der Waals surface area contributed by atoms with Crippen LogP contribution in [-0.4, -0.2) is 29.6 Å². The van der Waals surface area contributed by atoms with Crippen LogP contribution in [0.1, 0.15) is 30.1 Å². The van der Waals surface area contributed by atoms with Crippen molar-refractivity contribution in [3.8, 4) is 11.5 Å². The molecule has 6 nitrogen and oxygen atoms in total. The molecule has 1 amide bonds. The number of nitrogens with zero attached hydrogens (tertiary/aromatic N) is 1. The van der Waals surface area contributed by atoms with Crippen molar-refractivity contribution in [3.05, 3.63) is 47.1 Å². The third-order valence-corrected chi connectivity index (χ3v) is 3.62. The number of pyridine rings is 1. The summed E-state index contributed by atoms with van der Waals surface area (Å²) in [6.45, 7) is 1.47. The summed E-state index contributed by atoms with van der Waals surface area (Å²) < 4.78 is 45.7. The van der Waals surface area contributed by atoms with Gasteiger partial charge in [-0.1, -0.05) is 11.6 Å². The van der Waals surface area contributed by atoms with Crippen molar-refractivity contribution in [2.75, 3.05) is 11.9 Å². The first-order valence-electron chi connectivity index (χ1n) is 8.09. The lowest BCUT2D eigenvalue weighted by atomic mass is 10.1. The molecule has 0 unspecified atom stereocenters. The maximum Gasteiger partial charge on any atom is 0.573 e. The third-order valence-electron chi connectivity index (χ3n) is 3.33. The first-order chi connectivity index (χ1) is 13.1. The van der Waals surface area contributed by atoms with E-state index < -0.39 is 12.1 Å². The number of halogens is 4. The van der Waals surface area contributed by atoms with E-state index >= 15 is 0 Å². The van der Waals surface area contributed by atoms with Gasteiger partial charge in [0.05, 0.1) is 11.6 Å². The summed E-state index contributed by atoms with van der Waals surface area (Å²) in [4.78, 5) is 27.2. The Kier molecular flexibility index (Phi) is 7.22. The second-order valence-electron chi connectivity index (χ2n) is 5.63. The lowest BCUT2D eigenvalue weighted by Gasteiger charge is -2.11. The highest BCUT2D eigenvalue weighted by molar-refractivity contribution is 6.32. The van der Waals surface area contributed by atoms with E-state index in [0.717, 1.165) is 12.1 Å². The first-order valence-corrected chi connectivity index (χ1v) is 8.47. The molecule has 0 saturated carbocycles. The minimum atomic E-state index is -4.81. The molecule has 0 aliphatic carbocycles. The average Bonchev–Trinajstić information content (AvgIpc) is 2.58. The first kappa shape index (κ1) is 21.5. The van der Waals surface area contributed by atoms with Crippen molar-refractivity contribution < 1.29 is 32.2 Å². The number of Topliss-reactive ketones (excluding diaryl/α,β-unsaturated/α-hetero) is 1. The molecule has 1 aromatic carbocycles. The lowest BCUT2D eigenvalue weighted by Crippen LogP contribution is -2.17. The van der Waals surface area contributed by atoms with Crippen molar-refractivity contribution >= 4 is 29.1 Å². The van der Waals surface area contributed by atoms with E-state index in [2.05, 4.69) is 15.0 Å². The fraction of sp³-hybridized carbons (Fsp3) is 0.278. The zero-order valence-corrected chi connectivity index (χ0v) is 15.4. The number of ether oxygens (including phenoxy) is 2. The summed E-state index contributed by atoms with van der Waals surface area (Å²) in [6.07, 6.45) is -2.87. The summed E-state index contributed by atoms with van der Waals surface area (Å²) in [5.74, 6) is -0.456. The van der Waals surface area contributed by atoms with Gasteiger partial charge in [-0.2, -0.15) is 0 Å². The zero-order valence-electron chi connectivity index (χ0n) is 14.7. The Hall–Kier alpha value is -2.81. The van der Waals surface area contributed by atoms with Crippen molar-refractivity contribution in [2.45, 2.75) is 26.1 Å². The summed E-state index contributed by atoms with van der Waals surface area (Å²) in [5.41, 5.74) is 0.394. The molecule has 2 rings (SSSR count). The van der Waals surface area contributed by atoms with Crippen molar-refractivity contribution in [1.82, 2.24) is 4.98 Å². The van der Waals surface area contributed by atoms with Crippen LogP contribution in [0.25, 0.3) is 0 Å². The molecule has 0 radical (unpaired) electrons. The number of anilines is 1. The molecular weight excluding hydrogens is 401 g/mol. The minimum absolute atomic E-state index is 0.0397. The van der Waals surface area contributed by atoms with Gasteiger partial charge in [-0.05, 0) is 30.7 Å². The normalized spacial score (nSPS) is 11.0. The van der Waals surface area contributed by atoms with Crippen molar-refractivity contribution in [2.24, 2.45) is 0 Å². The highest BCUT2D eigenvalue weighted by Gasteiger charge is 2.31. The Morgan fingerprint density at radius 1 is 1.21 bits per heavy atom. The Bertz CT molecular complexity index is 859. The van der Waals surface area contributed by atoms with Crippen LogP contribution in [-0.2, 0) is 4.79 Å². The highest BCUT2D eigenvalue weighted by atomic mass is 35.5. The Balaban J connectivity index is 1.84.